The first kappa shape index (κ1) is 15.8. The van der Waals surface area contributed by atoms with Crippen molar-refractivity contribution in [2.45, 2.75) is 56.8 Å². The van der Waals surface area contributed by atoms with Crippen molar-refractivity contribution in [2.24, 2.45) is 0 Å². The summed E-state index contributed by atoms with van der Waals surface area (Å²) < 4.78 is 39.9. The Bertz CT molecular complexity index is 520. The van der Waals surface area contributed by atoms with E-state index in [0.717, 1.165) is 6.42 Å². The molecule has 5 heteroatoms. The highest BCUT2D eigenvalue weighted by atomic mass is 19.1. The SMILES string of the molecule is CCCc1cc(F)c(C2(O)CCC3(CC2)OCCO3)c(F)c1. The Hall–Kier alpha value is -1.04. The van der Waals surface area contributed by atoms with Gasteiger partial charge in [-0.05, 0) is 37.0 Å². The van der Waals surface area contributed by atoms with Crippen molar-refractivity contribution in [3.63, 3.8) is 0 Å². The highest BCUT2D eigenvalue weighted by Gasteiger charge is 2.48. The van der Waals surface area contributed by atoms with Gasteiger partial charge in [0.15, 0.2) is 5.79 Å². The molecular formula is C17H22F2O3. The van der Waals surface area contributed by atoms with Crippen molar-refractivity contribution < 1.29 is 23.4 Å². The molecule has 1 saturated carbocycles. The molecule has 3 nitrogen and oxygen atoms in total. The summed E-state index contributed by atoms with van der Waals surface area (Å²) in [5.74, 6) is -1.98. The van der Waals surface area contributed by atoms with Gasteiger partial charge in [0.2, 0.25) is 0 Å². The molecule has 0 radical (unpaired) electrons. The van der Waals surface area contributed by atoms with E-state index in [-0.39, 0.29) is 18.4 Å². The van der Waals surface area contributed by atoms with Gasteiger partial charge in [0.1, 0.15) is 11.6 Å². The summed E-state index contributed by atoms with van der Waals surface area (Å²) >= 11 is 0. The molecule has 122 valence electrons. The lowest BCUT2D eigenvalue weighted by molar-refractivity contribution is -0.205. The van der Waals surface area contributed by atoms with Crippen LogP contribution in [0.2, 0.25) is 0 Å². The van der Waals surface area contributed by atoms with E-state index in [4.69, 9.17) is 9.47 Å². The van der Waals surface area contributed by atoms with Crippen molar-refractivity contribution >= 4 is 0 Å². The van der Waals surface area contributed by atoms with Gasteiger partial charge in [-0.25, -0.2) is 8.78 Å². The molecular weight excluding hydrogens is 290 g/mol. The topological polar surface area (TPSA) is 38.7 Å². The molecule has 0 atom stereocenters. The quantitative estimate of drug-likeness (QED) is 0.929. The molecule has 22 heavy (non-hydrogen) atoms. The average Bonchev–Trinajstić information content (AvgIpc) is 2.91. The van der Waals surface area contributed by atoms with Crippen molar-refractivity contribution in [1.29, 1.82) is 0 Å². The maximum Gasteiger partial charge on any atom is 0.168 e. The molecule has 0 amide bonds. The molecule has 1 N–H and O–H groups in total. The number of benzene rings is 1. The summed E-state index contributed by atoms with van der Waals surface area (Å²) in [6.45, 7) is 3.03. The molecule has 1 saturated heterocycles. The Morgan fingerprint density at radius 1 is 1.05 bits per heavy atom. The minimum atomic E-state index is -1.49. The van der Waals surface area contributed by atoms with Crippen molar-refractivity contribution in [2.75, 3.05) is 13.2 Å². The molecule has 1 aromatic carbocycles. The second kappa shape index (κ2) is 5.87. The zero-order valence-corrected chi connectivity index (χ0v) is 12.8. The van der Waals surface area contributed by atoms with Gasteiger partial charge in [0, 0.05) is 12.8 Å². The van der Waals surface area contributed by atoms with Gasteiger partial charge < -0.3 is 14.6 Å². The maximum atomic E-state index is 14.4. The Kier molecular flexibility index (Phi) is 4.23. The van der Waals surface area contributed by atoms with E-state index in [2.05, 4.69) is 0 Å². The summed E-state index contributed by atoms with van der Waals surface area (Å²) in [7, 11) is 0. The number of hydrogen-bond acceptors (Lipinski definition) is 3. The fourth-order valence-electron chi connectivity index (χ4n) is 3.58. The number of halogens is 2. The zero-order valence-electron chi connectivity index (χ0n) is 12.8. The fraction of sp³-hybridized carbons (Fsp3) is 0.647. The lowest BCUT2D eigenvalue weighted by Crippen LogP contribution is -2.43. The first-order valence-electron chi connectivity index (χ1n) is 7.97. The first-order chi connectivity index (χ1) is 10.5. The van der Waals surface area contributed by atoms with Gasteiger partial charge in [0.05, 0.1) is 24.4 Å². The molecule has 0 aromatic heterocycles. The van der Waals surface area contributed by atoms with Crippen LogP contribution in [0.15, 0.2) is 12.1 Å². The van der Waals surface area contributed by atoms with Crippen LogP contribution < -0.4 is 0 Å². The average molecular weight is 312 g/mol. The van der Waals surface area contributed by atoms with Crippen molar-refractivity contribution in [3.05, 3.63) is 34.9 Å². The van der Waals surface area contributed by atoms with Crippen LogP contribution in [0.3, 0.4) is 0 Å². The minimum absolute atomic E-state index is 0.208. The zero-order chi connectivity index (χ0) is 15.8. The van der Waals surface area contributed by atoms with Crippen LogP contribution in [0.25, 0.3) is 0 Å². The molecule has 0 bridgehead atoms. The number of ether oxygens (including phenoxy) is 2. The molecule has 1 spiro atoms. The van der Waals surface area contributed by atoms with Crippen LogP contribution in [-0.2, 0) is 21.5 Å². The molecule has 2 fully saturated rings. The Morgan fingerprint density at radius 2 is 1.59 bits per heavy atom. The maximum absolute atomic E-state index is 14.4. The van der Waals surface area contributed by atoms with Gasteiger partial charge in [-0.3, -0.25) is 0 Å². The third kappa shape index (κ3) is 2.77. The van der Waals surface area contributed by atoms with Crippen molar-refractivity contribution in [1.82, 2.24) is 0 Å². The number of aryl methyl sites for hydroxylation is 1. The lowest BCUT2D eigenvalue weighted by Gasteiger charge is -2.41. The summed E-state index contributed by atoms with van der Waals surface area (Å²) in [4.78, 5) is 0. The summed E-state index contributed by atoms with van der Waals surface area (Å²) in [6, 6.07) is 2.68. The van der Waals surface area contributed by atoms with Crippen molar-refractivity contribution in [3.8, 4) is 0 Å². The monoisotopic (exact) mass is 312 g/mol. The lowest BCUT2D eigenvalue weighted by atomic mass is 9.76. The van der Waals surface area contributed by atoms with Gasteiger partial charge in [-0.15, -0.1) is 0 Å². The van der Waals surface area contributed by atoms with Crippen LogP contribution in [0.1, 0.15) is 50.2 Å². The third-order valence-corrected chi connectivity index (χ3v) is 4.76. The van der Waals surface area contributed by atoms with E-state index in [9.17, 15) is 13.9 Å². The Morgan fingerprint density at radius 3 is 2.09 bits per heavy atom. The van der Waals surface area contributed by atoms with E-state index in [1.807, 2.05) is 6.92 Å². The number of hydrogen-bond donors (Lipinski definition) is 1. The van der Waals surface area contributed by atoms with Crippen LogP contribution in [-0.4, -0.2) is 24.1 Å². The highest BCUT2D eigenvalue weighted by molar-refractivity contribution is 5.31. The summed E-state index contributed by atoms with van der Waals surface area (Å²) in [6.07, 6.45) is 2.79. The van der Waals surface area contributed by atoms with Crippen LogP contribution in [0, 0.1) is 11.6 Å². The standard InChI is InChI=1S/C17H22F2O3/c1-2-3-12-10-13(18)15(14(19)11-12)16(20)4-6-17(7-5-16)21-8-9-22-17/h10-11,20H,2-9H2,1H3. The van der Waals surface area contributed by atoms with Gasteiger partial charge in [0.25, 0.3) is 0 Å². The van der Waals surface area contributed by atoms with Crippen LogP contribution >= 0.6 is 0 Å². The number of aliphatic hydroxyl groups is 1. The van der Waals surface area contributed by atoms with Gasteiger partial charge in [-0.2, -0.15) is 0 Å². The van der Waals surface area contributed by atoms with E-state index in [0.29, 0.717) is 38.0 Å². The predicted octanol–water partition coefficient (Wildman–Crippen LogP) is 3.42. The minimum Gasteiger partial charge on any atom is -0.385 e. The molecule has 3 rings (SSSR count). The van der Waals surface area contributed by atoms with E-state index >= 15 is 0 Å². The molecule has 1 aromatic rings. The van der Waals surface area contributed by atoms with Crippen LogP contribution in [0.5, 0.6) is 0 Å². The third-order valence-electron chi connectivity index (χ3n) is 4.76. The van der Waals surface area contributed by atoms with Gasteiger partial charge in [-0.1, -0.05) is 13.3 Å². The van der Waals surface area contributed by atoms with E-state index in [1.165, 1.54) is 12.1 Å². The van der Waals surface area contributed by atoms with Crippen LogP contribution in [0.4, 0.5) is 8.78 Å². The van der Waals surface area contributed by atoms with Gasteiger partial charge >= 0.3 is 0 Å². The molecule has 1 aliphatic heterocycles. The fourth-order valence-corrected chi connectivity index (χ4v) is 3.58. The first-order valence-corrected chi connectivity index (χ1v) is 7.97. The second-order valence-corrected chi connectivity index (χ2v) is 6.32. The predicted molar refractivity (Wildman–Crippen MR) is 77.4 cm³/mol. The largest absolute Gasteiger partial charge is 0.385 e. The molecule has 2 aliphatic rings. The second-order valence-electron chi connectivity index (χ2n) is 6.32. The normalized spacial score (nSPS) is 23.1. The smallest absolute Gasteiger partial charge is 0.168 e. The summed E-state index contributed by atoms with van der Waals surface area (Å²) in [5.41, 5.74) is -1.07. The molecule has 1 heterocycles. The Labute approximate surface area is 129 Å². The molecule has 1 aliphatic carbocycles. The van der Waals surface area contributed by atoms with E-state index < -0.39 is 23.0 Å². The molecule has 0 unspecified atom stereocenters. The Balaban J connectivity index is 1.84. The van der Waals surface area contributed by atoms with E-state index in [1.54, 1.807) is 0 Å². The summed E-state index contributed by atoms with van der Waals surface area (Å²) in [5, 5.41) is 10.8. The highest BCUT2D eigenvalue weighted by Crippen LogP contribution is 2.46. The number of rotatable bonds is 3.